The van der Waals surface area contributed by atoms with Crippen LogP contribution in [0.4, 0.5) is 32.0 Å². The topological polar surface area (TPSA) is 32.3 Å². The third-order valence-electron chi connectivity index (χ3n) is 5.65. The van der Waals surface area contributed by atoms with E-state index >= 15 is 0 Å². The Kier molecular flexibility index (Phi) is 9.78. The standard InChI is InChI=1S/C20H17Cl3F6N2.C3H6O/c1-30-9-11-2-3-13(8-14(11)19(24,25)26)31-5-4-18(10-31,20(27,28)29)12-6-15(21)17(23)16(22)7-12;1-2-3-4/h2-3,6-8,30H,4-5,9-10H2,1H3;3H,2H2,1H3. The highest BCUT2D eigenvalue weighted by Crippen LogP contribution is 2.50. The number of benzene rings is 2. The van der Waals surface area contributed by atoms with Gasteiger partial charge in [0.15, 0.2) is 0 Å². The highest BCUT2D eigenvalue weighted by atomic mass is 35.5. The van der Waals surface area contributed by atoms with E-state index in [9.17, 15) is 31.1 Å². The molecular formula is C23H23Cl3F6N2O. The Morgan fingerprint density at radius 1 is 1.06 bits per heavy atom. The number of alkyl halides is 6. The number of carbonyl (C=O) groups excluding carboxylic acids is 1. The Bertz CT molecular complexity index is 1020. The van der Waals surface area contributed by atoms with Crippen LogP contribution in [0.5, 0.6) is 0 Å². The summed E-state index contributed by atoms with van der Waals surface area (Å²) in [7, 11) is 1.51. The van der Waals surface area contributed by atoms with Gasteiger partial charge in [-0.2, -0.15) is 26.3 Å². The van der Waals surface area contributed by atoms with Crippen LogP contribution in [0.15, 0.2) is 30.3 Å². The van der Waals surface area contributed by atoms with Gasteiger partial charge in [0.1, 0.15) is 11.7 Å². The van der Waals surface area contributed by atoms with Crippen molar-refractivity contribution in [2.75, 3.05) is 25.0 Å². The smallest absolute Gasteiger partial charge is 0.370 e. The summed E-state index contributed by atoms with van der Waals surface area (Å²) in [5, 5.41) is 2.35. The van der Waals surface area contributed by atoms with E-state index in [1.165, 1.54) is 24.1 Å². The molecule has 1 N–H and O–H groups in total. The fourth-order valence-electron chi connectivity index (χ4n) is 3.86. The first-order chi connectivity index (χ1) is 16.2. The first-order valence-corrected chi connectivity index (χ1v) is 11.6. The van der Waals surface area contributed by atoms with Gasteiger partial charge in [-0.1, -0.05) is 47.8 Å². The quantitative estimate of drug-likeness (QED) is 0.230. The van der Waals surface area contributed by atoms with Gasteiger partial charge >= 0.3 is 12.4 Å². The monoisotopic (exact) mass is 562 g/mol. The van der Waals surface area contributed by atoms with Crippen molar-refractivity contribution < 1.29 is 31.1 Å². The first-order valence-electron chi connectivity index (χ1n) is 10.5. The minimum Gasteiger partial charge on any atom is -0.370 e. The average Bonchev–Trinajstić information content (AvgIpc) is 3.24. The van der Waals surface area contributed by atoms with Crippen LogP contribution >= 0.6 is 34.8 Å². The van der Waals surface area contributed by atoms with Crippen molar-refractivity contribution in [1.82, 2.24) is 5.32 Å². The van der Waals surface area contributed by atoms with E-state index in [0.29, 0.717) is 6.42 Å². The molecule has 1 atom stereocenters. The maximum Gasteiger partial charge on any atom is 0.416 e. The third kappa shape index (κ3) is 6.56. The van der Waals surface area contributed by atoms with Gasteiger partial charge in [-0.3, -0.25) is 0 Å². The largest absolute Gasteiger partial charge is 0.416 e. The fraction of sp³-hybridized carbons (Fsp3) is 0.435. The fourth-order valence-corrected chi connectivity index (χ4v) is 4.46. The lowest BCUT2D eigenvalue weighted by Crippen LogP contribution is -2.45. The number of halogens is 9. The molecule has 35 heavy (non-hydrogen) atoms. The average molecular weight is 564 g/mol. The van der Waals surface area contributed by atoms with Crippen LogP contribution in [0.25, 0.3) is 0 Å². The molecule has 1 aliphatic rings. The van der Waals surface area contributed by atoms with Gasteiger partial charge in [0.25, 0.3) is 0 Å². The molecule has 2 aromatic carbocycles. The highest BCUT2D eigenvalue weighted by molar-refractivity contribution is 6.48. The number of hydrogen-bond donors (Lipinski definition) is 1. The lowest BCUT2D eigenvalue weighted by atomic mass is 9.79. The van der Waals surface area contributed by atoms with Crippen molar-refractivity contribution in [3.05, 3.63) is 62.1 Å². The molecule has 3 rings (SSSR count). The third-order valence-corrected chi connectivity index (χ3v) is 6.84. The molecule has 1 heterocycles. The van der Waals surface area contributed by atoms with E-state index in [1.807, 2.05) is 6.92 Å². The zero-order chi connectivity index (χ0) is 26.6. The van der Waals surface area contributed by atoms with Crippen molar-refractivity contribution in [2.24, 2.45) is 0 Å². The van der Waals surface area contributed by atoms with Crippen molar-refractivity contribution >= 4 is 46.8 Å². The van der Waals surface area contributed by atoms with E-state index in [0.717, 1.165) is 24.5 Å². The summed E-state index contributed by atoms with van der Waals surface area (Å²) < 4.78 is 83.3. The number of aldehydes is 1. The lowest BCUT2D eigenvalue weighted by molar-refractivity contribution is -0.184. The van der Waals surface area contributed by atoms with Gasteiger partial charge in [-0.25, -0.2) is 0 Å². The minimum absolute atomic E-state index is 0.0105. The van der Waals surface area contributed by atoms with Gasteiger partial charge < -0.3 is 15.0 Å². The second-order valence-corrected chi connectivity index (χ2v) is 9.14. The molecule has 1 aliphatic heterocycles. The molecule has 0 radical (unpaired) electrons. The van der Waals surface area contributed by atoms with Gasteiger partial charge in [0.05, 0.1) is 20.6 Å². The van der Waals surface area contributed by atoms with Crippen molar-refractivity contribution in [2.45, 2.75) is 44.1 Å². The minimum atomic E-state index is -4.69. The number of rotatable bonds is 5. The summed E-state index contributed by atoms with van der Waals surface area (Å²) >= 11 is 17.8. The summed E-state index contributed by atoms with van der Waals surface area (Å²) in [6.07, 6.45) is -8.19. The van der Waals surface area contributed by atoms with E-state index in [-0.39, 0.29) is 51.4 Å². The van der Waals surface area contributed by atoms with Crippen LogP contribution in [0.3, 0.4) is 0 Å². The molecule has 0 aromatic heterocycles. The van der Waals surface area contributed by atoms with E-state index in [4.69, 9.17) is 34.8 Å². The maximum absolute atomic E-state index is 14.3. The number of carbonyl (C=O) groups is 1. The zero-order valence-corrected chi connectivity index (χ0v) is 21.0. The molecule has 2 aromatic rings. The first kappa shape index (κ1) is 29.5. The van der Waals surface area contributed by atoms with Gasteiger partial charge in [-0.05, 0) is 48.9 Å². The normalized spacial score (nSPS) is 18.3. The summed E-state index contributed by atoms with van der Waals surface area (Å²) in [6.45, 7) is 1.11. The molecule has 194 valence electrons. The molecule has 0 amide bonds. The zero-order valence-electron chi connectivity index (χ0n) is 18.8. The molecule has 1 fully saturated rings. The van der Waals surface area contributed by atoms with Gasteiger partial charge in [0.2, 0.25) is 0 Å². The maximum atomic E-state index is 14.3. The number of nitrogens with one attached hydrogen (secondary N) is 1. The molecule has 12 heteroatoms. The lowest BCUT2D eigenvalue weighted by Gasteiger charge is -2.33. The van der Waals surface area contributed by atoms with Crippen LogP contribution in [0, 0.1) is 0 Å². The highest BCUT2D eigenvalue weighted by Gasteiger charge is 2.59. The van der Waals surface area contributed by atoms with E-state index in [2.05, 4.69) is 5.32 Å². The molecule has 3 nitrogen and oxygen atoms in total. The van der Waals surface area contributed by atoms with Crippen LogP contribution < -0.4 is 10.2 Å². The van der Waals surface area contributed by atoms with Crippen LogP contribution in [-0.2, 0) is 22.9 Å². The Morgan fingerprint density at radius 3 is 2.09 bits per heavy atom. The molecule has 1 saturated heterocycles. The second kappa shape index (κ2) is 11.6. The summed E-state index contributed by atoms with van der Waals surface area (Å²) in [5.41, 5.74) is -3.35. The Hall–Kier alpha value is -1.68. The second-order valence-electron chi connectivity index (χ2n) is 7.95. The molecule has 0 aliphatic carbocycles. The predicted molar refractivity (Wildman–Crippen MR) is 127 cm³/mol. The molecule has 0 bridgehead atoms. The summed E-state index contributed by atoms with van der Waals surface area (Å²) in [5.74, 6) is 0. The van der Waals surface area contributed by atoms with E-state index in [1.54, 1.807) is 0 Å². The van der Waals surface area contributed by atoms with Crippen LogP contribution in [0.1, 0.15) is 36.5 Å². The summed E-state index contributed by atoms with van der Waals surface area (Å²) in [6, 6.07) is 5.79. The van der Waals surface area contributed by atoms with Crippen molar-refractivity contribution in [3.63, 3.8) is 0 Å². The number of hydrogen-bond acceptors (Lipinski definition) is 3. The molecule has 0 saturated carbocycles. The Labute approximate surface area is 214 Å². The molecular weight excluding hydrogens is 541 g/mol. The Balaban J connectivity index is 0.00000100. The van der Waals surface area contributed by atoms with Crippen LogP contribution in [0.2, 0.25) is 15.1 Å². The van der Waals surface area contributed by atoms with Crippen LogP contribution in [-0.4, -0.2) is 32.6 Å². The molecule has 1 unspecified atom stereocenters. The van der Waals surface area contributed by atoms with Crippen molar-refractivity contribution in [3.8, 4) is 0 Å². The van der Waals surface area contributed by atoms with Gasteiger partial charge in [0, 0.05) is 31.7 Å². The number of nitrogens with zero attached hydrogens (tertiary/aromatic N) is 1. The van der Waals surface area contributed by atoms with E-state index < -0.39 is 29.9 Å². The summed E-state index contributed by atoms with van der Waals surface area (Å²) in [4.78, 5) is 10.5. The molecule has 0 spiro atoms. The number of anilines is 1. The SMILES string of the molecule is CCC=O.CNCc1ccc(N2CCC(c3cc(Cl)c(Cl)c(Cl)c3)(C(F)(F)F)C2)cc1C(F)(F)F. The van der Waals surface area contributed by atoms with Gasteiger partial charge in [-0.15, -0.1) is 0 Å². The van der Waals surface area contributed by atoms with Crippen molar-refractivity contribution in [1.29, 1.82) is 0 Å². The Morgan fingerprint density at radius 2 is 1.63 bits per heavy atom. The predicted octanol–water partition coefficient (Wildman–Crippen LogP) is 7.69.